The van der Waals surface area contributed by atoms with Gasteiger partial charge in [-0.3, -0.25) is 9.59 Å². The summed E-state index contributed by atoms with van der Waals surface area (Å²) in [6, 6.07) is 0. The van der Waals surface area contributed by atoms with Crippen molar-refractivity contribution in [2.75, 3.05) is 0 Å². The van der Waals surface area contributed by atoms with E-state index < -0.39 is 7.82 Å². The fraction of sp³-hybridized carbons (Fsp3) is 0.600. The van der Waals surface area contributed by atoms with Crippen LogP contribution in [0.3, 0.4) is 0 Å². The second-order valence-electron chi connectivity index (χ2n) is 2.09. The fourth-order valence-electron chi connectivity index (χ4n) is 0.351. The van der Waals surface area contributed by atoms with Crippen LogP contribution in [-0.2, 0) is 14.2 Å². The zero-order valence-electron chi connectivity index (χ0n) is 6.72. The molecule has 0 bridgehead atoms. The summed E-state index contributed by atoms with van der Waals surface area (Å²) in [4.78, 5) is 41.6. The number of hydrogen-bond donors (Lipinski definition) is 3. The maximum Gasteiger partial charge on any atom is 0.466 e. The van der Waals surface area contributed by atoms with Gasteiger partial charge in [0, 0.05) is 0 Å². The molecule has 0 aromatic heterocycles. The predicted octanol–water partition coefficient (Wildman–Crippen LogP) is -0.374. The third-order valence-electron chi connectivity index (χ3n) is 0.498. The summed E-state index contributed by atoms with van der Waals surface area (Å²) < 4.78 is 8.88. The molecule has 0 saturated heterocycles. The fourth-order valence-corrected chi connectivity index (χ4v) is 0.351. The largest absolute Gasteiger partial charge is 0.466 e. The minimum Gasteiger partial charge on any atom is -0.303 e. The summed E-state index contributed by atoms with van der Waals surface area (Å²) in [6.07, 6.45) is 0.0833. The standard InChI is InChI=1S/C5H8O2.H3O4P/c1-4(6)3-5(2)7;1-5(2,3)4/h3H2,1-2H3;(H3,1,2,3,4). The third kappa shape index (κ3) is 56.7. The average molecular weight is 198 g/mol. The first-order valence-corrected chi connectivity index (χ1v) is 4.46. The van der Waals surface area contributed by atoms with Crippen LogP contribution >= 0.6 is 7.82 Å². The smallest absolute Gasteiger partial charge is 0.303 e. The van der Waals surface area contributed by atoms with Gasteiger partial charge in [-0.15, -0.1) is 0 Å². The molecule has 6 nitrogen and oxygen atoms in total. The lowest BCUT2D eigenvalue weighted by Gasteiger charge is -1.82. The maximum absolute atomic E-state index is 10.0. The monoisotopic (exact) mass is 198 g/mol. The van der Waals surface area contributed by atoms with Crippen LogP contribution in [0.2, 0.25) is 0 Å². The molecule has 0 spiro atoms. The Hall–Kier alpha value is -0.550. The number of carbonyl (C=O) groups excluding carboxylic acids is 2. The molecule has 0 heterocycles. The van der Waals surface area contributed by atoms with Crippen molar-refractivity contribution in [3.8, 4) is 0 Å². The molecule has 0 rings (SSSR count). The van der Waals surface area contributed by atoms with Crippen molar-refractivity contribution < 1.29 is 28.8 Å². The Balaban J connectivity index is 0. The third-order valence-corrected chi connectivity index (χ3v) is 0.498. The average Bonchev–Trinajstić information content (AvgIpc) is 1.52. The van der Waals surface area contributed by atoms with Gasteiger partial charge in [-0.05, 0) is 13.8 Å². The highest BCUT2D eigenvalue weighted by molar-refractivity contribution is 7.45. The number of Topliss-reactive ketones (excluding diaryl/α,β-unsaturated/α-hetero) is 2. The van der Waals surface area contributed by atoms with Crippen molar-refractivity contribution in [3.05, 3.63) is 0 Å². The summed E-state index contributed by atoms with van der Waals surface area (Å²) in [6.45, 7) is 2.81. The van der Waals surface area contributed by atoms with Crippen LogP contribution in [0.25, 0.3) is 0 Å². The molecule has 0 aliphatic rings. The molecule has 72 valence electrons. The van der Waals surface area contributed by atoms with Gasteiger partial charge in [0.25, 0.3) is 0 Å². The van der Waals surface area contributed by atoms with Crippen molar-refractivity contribution in [1.29, 1.82) is 0 Å². The lowest BCUT2D eigenvalue weighted by molar-refractivity contribution is -0.124. The quantitative estimate of drug-likeness (QED) is 0.412. The molecule has 0 amide bonds. The van der Waals surface area contributed by atoms with E-state index in [4.69, 9.17) is 19.2 Å². The highest BCUT2D eigenvalue weighted by Gasteiger charge is 2.00. The number of carbonyl (C=O) groups is 2. The van der Waals surface area contributed by atoms with Crippen LogP contribution in [0.5, 0.6) is 0 Å². The minimum atomic E-state index is -4.64. The van der Waals surface area contributed by atoms with Crippen molar-refractivity contribution >= 4 is 19.4 Å². The van der Waals surface area contributed by atoms with Gasteiger partial charge in [0.15, 0.2) is 0 Å². The first kappa shape index (κ1) is 14.0. The Morgan fingerprint density at radius 2 is 1.25 bits per heavy atom. The van der Waals surface area contributed by atoms with Crippen LogP contribution in [0, 0.1) is 0 Å². The van der Waals surface area contributed by atoms with Gasteiger partial charge in [-0.1, -0.05) is 0 Å². The molecule has 7 heteroatoms. The minimum absolute atomic E-state index is 0.0625. The molecule has 0 aromatic rings. The van der Waals surface area contributed by atoms with E-state index in [0.717, 1.165) is 0 Å². The highest BCUT2D eigenvalue weighted by Crippen LogP contribution is 2.25. The lowest BCUT2D eigenvalue weighted by Crippen LogP contribution is -1.97. The number of phosphoric acid groups is 1. The first-order valence-electron chi connectivity index (χ1n) is 2.90. The zero-order valence-corrected chi connectivity index (χ0v) is 7.62. The topological polar surface area (TPSA) is 112 Å². The molecule has 0 atom stereocenters. The number of rotatable bonds is 2. The molecule has 0 unspecified atom stereocenters. The van der Waals surface area contributed by atoms with E-state index in [0.29, 0.717) is 0 Å². The zero-order chi connectivity index (χ0) is 10.4. The molecule has 0 aliphatic carbocycles. The van der Waals surface area contributed by atoms with Gasteiger partial charge in [0.1, 0.15) is 11.6 Å². The molecule has 0 saturated carbocycles. The Bertz CT molecular complexity index is 184. The van der Waals surface area contributed by atoms with Crippen LogP contribution in [0.4, 0.5) is 0 Å². The van der Waals surface area contributed by atoms with Crippen LogP contribution in [0.1, 0.15) is 20.3 Å². The van der Waals surface area contributed by atoms with Gasteiger partial charge in [0.05, 0.1) is 6.42 Å². The molecule has 0 aliphatic heterocycles. The van der Waals surface area contributed by atoms with Crippen LogP contribution in [-0.4, -0.2) is 26.2 Å². The van der Waals surface area contributed by atoms with E-state index in [1.165, 1.54) is 13.8 Å². The Kier molecular flexibility index (Phi) is 7.02. The van der Waals surface area contributed by atoms with Crippen molar-refractivity contribution in [2.45, 2.75) is 20.3 Å². The van der Waals surface area contributed by atoms with E-state index in [-0.39, 0.29) is 18.0 Å². The second kappa shape index (κ2) is 6.02. The first-order chi connectivity index (χ1) is 5.13. The van der Waals surface area contributed by atoms with Crippen LogP contribution < -0.4 is 0 Å². The molecular weight excluding hydrogens is 187 g/mol. The van der Waals surface area contributed by atoms with E-state index >= 15 is 0 Å². The van der Waals surface area contributed by atoms with Crippen LogP contribution in [0.15, 0.2) is 0 Å². The summed E-state index contributed by atoms with van der Waals surface area (Å²) in [5.41, 5.74) is 0. The summed E-state index contributed by atoms with van der Waals surface area (Å²) in [5, 5.41) is 0. The van der Waals surface area contributed by atoms with Crippen molar-refractivity contribution in [1.82, 2.24) is 0 Å². The SMILES string of the molecule is CC(=O)CC(C)=O.O=P(O)(O)O. The molecular formula is C5H11O6P. The van der Waals surface area contributed by atoms with Gasteiger partial charge in [0.2, 0.25) is 0 Å². The molecule has 12 heavy (non-hydrogen) atoms. The summed E-state index contributed by atoms with van der Waals surface area (Å²) in [5.74, 6) is -0.125. The Labute approximate surface area is 69.5 Å². The van der Waals surface area contributed by atoms with Gasteiger partial charge < -0.3 is 14.7 Å². The predicted molar refractivity (Wildman–Crippen MR) is 40.2 cm³/mol. The summed E-state index contributed by atoms with van der Waals surface area (Å²) >= 11 is 0. The van der Waals surface area contributed by atoms with Gasteiger partial charge in [-0.25, -0.2) is 4.57 Å². The molecule has 0 radical (unpaired) electrons. The van der Waals surface area contributed by atoms with Gasteiger partial charge in [-0.2, -0.15) is 0 Å². The summed E-state index contributed by atoms with van der Waals surface area (Å²) in [7, 11) is -4.64. The van der Waals surface area contributed by atoms with E-state index in [9.17, 15) is 9.59 Å². The van der Waals surface area contributed by atoms with Crippen molar-refractivity contribution in [2.24, 2.45) is 0 Å². The lowest BCUT2D eigenvalue weighted by atomic mass is 10.2. The molecule has 0 fully saturated rings. The highest BCUT2D eigenvalue weighted by atomic mass is 31.2. The Morgan fingerprint density at radius 3 is 1.25 bits per heavy atom. The second-order valence-corrected chi connectivity index (χ2v) is 3.12. The molecule has 0 aromatic carbocycles. The number of ketones is 2. The van der Waals surface area contributed by atoms with Gasteiger partial charge >= 0.3 is 7.82 Å². The Morgan fingerprint density at radius 1 is 1.08 bits per heavy atom. The number of hydrogen-bond acceptors (Lipinski definition) is 3. The maximum atomic E-state index is 10.0. The molecule has 3 N–H and O–H groups in total. The van der Waals surface area contributed by atoms with E-state index in [1.807, 2.05) is 0 Å². The van der Waals surface area contributed by atoms with E-state index in [2.05, 4.69) is 0 Å². The van der Waals surface area contributed by atoms with E-state index in [1.54, 1.807) is 0 Å². The van der Waals surface area contributed by atoms with Crippen molar-refractivity contribution in [3.63, 3.8) is 0 Å². The normalized spacial score (nSPS) is 9.75.